The van der Waals surface area contributed by atoms with Crippen LogP contribution in [0.15, 0.2) is 55.2 Å². The maximum absolute atomic E-state index is 6.40. The Bertz CT molecular complexity index is 622. The lowest BCUT2D eigenvalue weighted by molar-refractivity contribution is 0.384. The zero-order valence-electron chi connectivity index (χ0n) is 11.6. The summed E-state index contributed by atoms with van der Waals surface area (Å²) in [4.78, 5) is 3.30. The van der Waals surface area contributed by atoms with E-state index in [0.29, 0.717) is 17.0 Å². The molecule has 0 amide bonds. The van der Waals surface area contributed by atoms with E-state index in [9.17, 15) is 0 Å². The average molecular weight is 388 g/mol. The summed E-state index contributed by atoms with van der Waals surface area (Å²) in [6.45, 7) is 2.66. The number of furan rings is 1. The highest BCUT2D eigenvalue weighted by molar-refractivity contribution is 9.12. The van der Waals surface area contributed by atoms with Crippen molar-refractivity contribution in [1.29, 1.82) is 0 Å². The van der Waals surface area contributed by atoms with Gasteiger partial charge in [-0.25, -0.2) is 0 Å². The van der Waals surface area contributed by atoms with E-state index in [1.165, 1.54) is 4.91 Å². The molecule has 0 radical (unpaired) electrons. The van der Waals surface area contributed by atoms with E-state index in [1.54, 1.807) is 6.26 Å². The molecule has 0 aliphatic carbocycles. The summed E-state index contributed by atoms with van der Waals surface area (Å²) in [5.74, 6) is 0.885. The van der Waals surface area contributed by atoms with Gasteiger partial charge in [0.15, 0.2) is 0 Å². The van der Waals surface area contributed by atoms with Crippen LogP contribution >= 0.6 is 39.3 Å². The summed E-state index contributed by atoms with van der Waals surface area (Å²) in [6.07, 6.45) is 6.62. The molecule has 3 nitrogen and oxygen atoms in total. The SMILES string of the molecule is C[C@H](N)CC1SC2=CC=C(Cl)N(Cc3ccco3)C2=C1Br. The number of halogens is 2. The lowest BCUT2D eigenvalue weighted by atomic mass is 10.1. The second kappa shape index (κ2) is 6.24. The molecule has 0 saturated heterocycles. The second-order valence-corrected chi connectivity index (χ2v) is 7.69. The zero-order valence-corrected chi connectivity index (χ0v) is 14.7. The molecule has 2 N–H and O–H groups in total. The van der Waals surface area contributed by atoms with E-state index in [4.69, 9.17) is 21.8 Å². The van der Waals surface area contributed by atoms with Crippen molar-refractivity contribution in [3.8, 4) is 0 Å². The number of thioether (sulfide) groups is 1. The summed E-state index contributed by atoms with van der Waals surface area (Å²) < 4.78 is 6.61. The molecule has 2 aliphatic heterocycles. The molecule has 6 heteroatoms. The van der Waals surface area contributed by atoms with Crippen LogP contribution in [0.4, 0.5) is 0 Å². The number of nitrogens with zero attached hydrogens (tertiary/aromatic N) is 1. The second-order valence-electron chi connectivity index (χ2n) is 5.20. The topological polar surface area (TPSA) is 42.4 Å². The Balaban J connectivity index is 1.90. The zero-order chi connectivity index (χ0) is 15.0. The van der Waals surface area contributed by atoms with Gasteiger partial charge in [0.25, 0.3) is 0 Å². The van der Waals surface area contributed by atoms with Gasteiger partial charge in [-0.3, -0.25) is 0 Å². The Hall–Kier alpha value is -0.620. The van der Waals surface area contributed by atoms with Gasteiger partial charge in [0, 0.05) is 20.7 Å². The number of rotatable bonds is 4. The van der Waals surface area contributed by atoms with Gasteiger partial charge in [0.2, 0.25) is 0 Å². The predicted octanol–water partition coefficient (Wildman–Crippen LogP) is 4.52. The maximum Gasteiger partial charge on any atom is 0.123 e. The van der Waals surface area contributed by atoms with Gasteiger partial charge in [0.1, 0.15) is 10.9 Å². The first kappa shape index (κ1) is 15.3. The average Bonchev–Trinajstić information content (AvgIpc) is 3.02. The predicted molar refractivity (Wildman–Crippen MR) is 91.9 cm³/mol. The third kappa shape index (κ3) is 3.11. The summed E-state index contributed by atoms with van der Waals surface area (Å²) in [7, 11) is 0. The number of fused-ring (bicyclic) bond motifs is 1. The van der Waals surface area contributed by atoms with Crippen LogP contribution in [0.2, 0.25) is 0 Å². The lowest BCUT2D eigenvalue weighted by Crippen LogP contribution is -2.23. The minimum absolute atomic E-state index is 0.165. The van der Waals surface area contributed by atoms with Crippen LogP contribution in [0.25, 0.3) is 0 Å². The normalized spacial score (nSPS) is 23.0. The van der Waals surface area contributed by atoms with Gasteiger partial charge in [-0.1, -0.05) is 27.5 Å². The molecule has 0 spiro atoms. The molecule has 2 aliphatic rings. The monoisotopic (exact) mass is 386 g/mol. The molecule has 0 aromatic carbocycles. The van der Waals surface area contributed by atoms with Gasteiger partial charge in [-0.05, 0) is 37.6 Å². The number of allylic oxidation sites excluding steroid dienone is 2. The Morgan fingerprint density at radius 2 is 2.33 bits per heavy atom. The molecule has 21 heavy (non-hydrogen) atoms. The van der Waals surface area contributed by atoms with E-state index in [0.717, 1.165) is 22.4 Å². The van der Waals surface area contributed by atoms with Crippen LogP contribution in [-0.2, 0) is 6.54 Å². The molecule has 2 atom stereocenters. The molecule has 3 rings (SSSR count). The highest BCUT2D eigenvalue weighted by Gasteiger charge is 2.35. The summed E-state index contributed by atoms with van der Waals surface area (Å²) >= 11 is 12.0. The fourth-order valence-corrected chi connectivity index (χ4v) is 5.09. The fraction of sp³-hybridized carbons (Fsp3) is 0.333. The molecule has 1 aromatic rings. The van der Waals surface area contributed by atoms with Crippen molar-refractivity contribution in [1.82, 2.24) is 4.90 Å². The third-order valence-electron chi connectivity index (χ3n) is 3.39. The smallest absolute Gasteiger partial charge is 0.123 e. The number of hydrogen-bond acceptors (Lipinski definition) is 4. The van der Waals surface area contributed by atoms with Crippen molar-refractivity contribution >= 4 is 39.3 Å². The highest BCUT2D eigenvalue weighted by Crippen LogP contribution is 2.50. The van der Waals surface area contributed by atoms with Gasteiger partial charge in [0.05, 0.1) is 18.5 Å². The maximum atomic E-state index is 6.40. The molecule has 1 aromatic heterocycles. The van der Waals surface area contributed by atoms with Crippen LogP contribution in [0, 0.1) is 0 Å². The van der Waals surface area contributed by atoms with Crippen LogP contribution in [0.1, 0.15) is 19.1 Å². The molecule has 0 saturated carbocycles. The van der Waals surface area contributed by atoms with Crippen molar-refractivity contribution in [3.63, 3.8) is 0 Å². The van der Waals surface area contributed by atoms with Crippen molar-refractivity contribution in [3.05, 3.63) is 56.5 Å². The van der Waals surface area contributed by atoms with E-state index in [1.807, 2.05) is 36.9 Å². The third-order valence-corrected chi connectivity index (χ3v) is 6.25. The van der Waals surface area contributed by atoms with Crippen molar-refractivity contribution in [2.75, 3.05) is 0 Å². The van der Waals surface area contributed by atoms with Gasteiger partial charge >= 0.3 is 0 Å². The minimum atomic E-state index is 0.165. The minimum Gasteiger partial charge on any atom is -0.467 e. The molecule has 112 valence electrons. The molecule has 1 unspecified atom stereocenters. The van der Waals surface area contributed by atoms with Gasteiger partial charge in [-0.15, -0.1) is 11.8 Å². The first-order chi connectivity index (χ1) is 10.1. The van der Waals surface area contributed by atoms with Crippen LogP contribution in [0.3, 0.4) is 0 Å². The van der Waals surface area contributed by atoms with Crippen LogP contribution in [-0.4, -0.2) is 16.2 Å². The Morgan fingerprint density at radius 1 is 1.52 bits per heavy atom. The molecule has 3 heterocycles. The van der Waals surface area contributed by atoms with E-state index < -0.39 is 0 Å². The van der Waals surface area contributed by atoms with E-state index in [-0.39, 0.29) is 6.04 Å². The standard InChI is InChI=1S/C15H16BrClN2OS/c1-9(18)7-12-14(16)15-11(21-12)4-5-13(17)19(15)8-10-3-2-6-20-10/h2-6,9,12H,7-8,18H2,1H3/t9-,12?/m0/s1. The first-order valence-corrected chi connectivity index (χ1v) is 8.81. The van der Waals surface area contributed by atoms with Crippen molar-refractivity contribution < 1.29 is 4.42 Å². The molecular formula is C15H16BrClN2OS. The van der Waals surface area contributed by atoms with E-state index in [2.05, 4.69) is 26.9 Å². The summed E-state index contributed by atoms with van der Waals surface area (Å²) in [6, 6.07) is 4.01. The van der Waals surface area contributed by atoms with Crippen LogP contribution < -0.4 is 5.73 Å². The van der Waals surface area contributed by atoms with Gasteiger partial charge in [-0.2, -0.15) is 0 Å². The number of nitrogens with two attached hydrogens (primary N) is 1. The van der Waals surface area contributed by atoms with Crippen molar-refractivity contribution in [2.24, 2.45) is 5.73 Å². The van der Waals surface area contributed by atoms with Crippen molar-refractivity contribution in [2.45, 2.75) is 31.2 Å². The highest BCUT2D eigenvalue weighted by atomic mass is 79.9. The fourth-order valence-electron chi connectivity index (χ4n) is 2.45. The molecular weight excluding hydrogens is 372 g/mol. The largest absolute Gasteiger partial charge is 0.467 e. The molecule has 0 bridgehead atoms. The number of hydrogen-bond donors (Lipinski definition) is 1. The summed E-state index contributed by atoms with van der Waals surface area (Å²) in [5.41, 5.74) is 7.09. The summed E-state index contributed by atoms with van der Waals surface area (Å²) in [5, 5.41) is 1.05. The lowest BCUT2D eigenvalue weighted by Gasteiger charge is -2.27. The molecule has 0 fully saturated rings. The Kier molecular flexibility index (Phi) is 4.54. The quantitative estimate of drug-likeness (QED) is 0.771. The Morgan fingerprint density at radius 3 is 3.00 bits per heavy atom. The van der Waals surface area contributed by atoms with Crippen LogP contribution in [0.5, 0.6) is 0 Å². The first-order valence-electron chi connectivity index (χ1n) is 6.76. The van der Waals surface area contributed by atoms with Gasteiger partial charge < -0.3 is 15.1 Å². The Labute approximate surface area is 142 Å². The van der Waals surface area contributed by atoms with E-state index >= 15 is 0 Å².